The van der Waals surface area contributed by atoms with Crippen LogP contribution >= 0.6 is 0 Å². The molecule has 5 nitrogen and oxygen atoms in total. The number of carbonyl (C=O) groups is 1. The molecular formula is C19H30N3O2+. The first kappa shape index (κ1) is 17.1. The number of benzene rings is 1. The van der Waals surface area contributed by atoms with Gasteiger partial charge in [0, 0.05) is 6.04 Å². The van der Waals surface area contributed by atoms with Crippen LogP contribution in [0.25, 0.3) is 0 Å². The number of aromatic hydroxyl groups is 1. The summed E-state index contributed by atoms with van der Waals surface area (Å²) in [7, 11) is 0. The second-order valence-electron chi connectivity index (χ2n) is 7.34. The molecule has 1 aromatic rings. The second kappa shape index (κ2) is 7.88. The minimum atomic E-state index is 0.194. The van der Waals surface area contributed by atoms with E-state index in [1.807, 2.05) is 18.2 Å². The molecule has 3 rings (SSSR count). The average molecular weight is 332 g/mol. The van der Waals surface area contributed by atoms with Gasteiger partial charge in [-0.3, -0.25) is 4.79 Å². The number of hydrogen-bond donors (Lipinski definition) is 3. The van der Waals surface area contributed by atoms with Crippen molar-refractivity contribution in [2.24, 2.45) is 5.92 Å². The highest BCUT2D eigenvalue weighted by Crippen LogP contribution is 2.26. The van der Waals surface area contributed by atoms with Crippen molar-refractivity contribution in [1.82, 2.24) is 5.32 Å². The summed E-state index contributed by atoms with van der Waals surface area (Å²) < 4.78 is 0. The quantitative estimate of drug-likeness (QED) is 0.764. The summed E-state index contributed by atoms with van der Waals surface area (Å²) in [4.78, 5) is 15.9. The lowest BCUT2D eigenvalue weighted by Crippen LogP contribution is -3.16. The number of hydrogen-bond acceptors (Lipinski definition) is 3. The predicted octanol–water partition coefficient (Wildman–Crippen LogP) is 0.792. The minimum absolute atomic E-state index is 0.194. The van der Waals surface area contributed by atoms with E-state index in [1.165, 1.54) is 24.2 Å². The zero-order valence-electron chi connectivity index (χ0n) is 14.6. The van der Waals surface area contributed by atoms with Crippen molar-refractivity contribution >= 4 is 11.6 Å². The Morgan fingerprint density at radius 1 is 1.25 bits per heavy atom. The summed E-state index contributed by atoms with van der Waals surface area (Å²) >= 11 is 0. The van der Waals surface area contributed by atoms with Crippen molar-refractivity contribution < 1.29 is 14.8 Å². The minimum Gasteiger partial charge on any atom is -0.506 e. The van der Waals surface area contributed by atoms with E-state index in [0.29, 0.717) is 24.3 Å². The summed E-state index contributed by atoms with van der Waals surface area (Å²) in [6, 6.07) is 7.85. The molecule has 1 heterocycles. The van der Waals surface area contributed by atoms with Gasteiger partial charge < -0.3 is 20.2 Å². The molecule has 0 bridgehead atoms. The summed E-state index contributed by atoms with van der Waals surface area (Å²) in [5, 5.41) is 13.2. The van der Waals surface area contributed by atoms with Crippen LogP contribution in [-0.4, -0.2) is 49.8 Å². The van der Waals surface area contributed by atoms with Crippen LogP contribution in [0.1, 0.15) is 32.6 Å². The molecule has 0 aromatic heterocycles. The molecular weight excluding hydrogens is 302 g/mol. The molecule has 1 aliphatic heterocycles. The highest BCUT2D eigenvalue weighted by molar-refractivity contribution is 5.77. The summed E-state index contributed by atoms with van der Waals surface area (Å²) in [6.45, 7) is 6.43. The fourth-order valence-corrected chi connectivity index (χ4v) is 3.99. The topological polar surface area (TPSA) is 57.0 Å². The smallest absolute Gasteiger partial charge is 0.275 e. The summed E-state index contributed by atoms with van der Waals surface area (Å²) in [5.41, 5.74) is 0.900. The number of phenols is 1. The van der Waals surface area contributed by atoms with Crippen LogP contribution in [0.5, 0.6) is 5.75 Å². The van der Waals surface area contributed by atoms with E-state index >= 15 is 0 Å². The van der Waals surface area contributed by atoms with Gasteiger partial charge in [-0.1, -0.05) is 31.9 Å². The second-order valence-corrected chi connectivity index (χ2v) is 7.34. The van der Waals surface area contributed by atoms with E-state index in [1.54, 1.807) is 6.07 Å². The van der Waals surface area contributed by atoms with Gasteiger partial charge in [0.05, 0.1) is 31.9 Å². The fourth-order valence-electron chi connectivity index (χ4n) is 3.99. The van der Waals surface area contributed by atoms with Crippen molar-refractivity contribution in [1.29, 1.82) is 0 Å². The third-order valence-corrected chi connectivity index (χ3v) is 5.56. The number of phenolic OH excluding ortho intramolecular Hbond substituents is 1. The molecule has 1 aromatic carbocycles. The number of nitrogens with zero attached hydrogens (tertiary/aromatic N) is 1. The predicted molar refractivity (Wildman–Crippen MR) is 95.4 cm³/mol. The molecule has 2 atom stereocenters. The maximum atomic E-state index is 12.3. The van der Waals surface area contributed by atoms with Gasteiger partial charge in [-0.05, 0) is 30.9 Å². The molecule has 5 heteroatoms. The SMILES string of the molecule is C[C@H]1CCCC[C@H]1NC(=O)C[NH+]1CCN(c2ccccc2O)CC1. The number of quaternary nitrogens is 1. The first-order chi connectivity index (χ1) is 11.6. The molecule has 0 unspecified atom stereocenters. The molecule has 1 saturated carbocycles. The van der Waals surface area contributed by atoms with Crippen molar-refractivity contribution in [2.75, 3.05) is 37.6 Å². The zero-order chi connectivity index (χ0) is 16.9. The van der Waals surface area contributed by atoms with Crippen LogP contribution in [0, 0.1) is 5.92 Å². The lowest BCUT2D eigenvalue weighted by molar-refractivity contribution is -0.892. The van der Waals surface area contributed by atoms with E-state index in [9.17, 15) is 9.90 Å². The van der Waals surface area contributed by atoms with Crippen LogP contribution in [0.3, 0.4) is 0 Å². The average Bonchev–Trinajstić information content (AvgIpc) is 2.58. The molecule has 1 amide bonds. The van der Waals surface area contributed by atoms with E-state index in [0.717, 1.165) is 38.3 Å². The van der Waals surface area contributed by atoms with Crippen LogP contribution in [0.4, 0.5) is 5.69 Å². The molecule has 1 aliphatic carbocycles. The molecule has 0 radical (unpaired) electrons. The van der Waals surface area contributed by atoms with Crippen molar-refractivity contribution in [3.63, 3.8) is 0 Å². The lowest BCUT2D eigenvalue weighted by atomic mass is 9.86. The Hall–Kier alpha value is -1.75. The van der Waals surface area contributed by atoms with E-state index in [2.05, 4.69) is 17.1 Å². The summed E-state index contributed by atoms with van der Waals surface area (Å²) in [5.74, 6) is 1.14. The van der Waals surface area contributed by atoms with Crippen molar-refractivity contribution in [3.05, 3.63) is 24.3 Å². The van der Waals surface area contributed by atoms with Gasteiger partial charge >= 0.3 is 0 Å². The summed E-state index contributed by atoms with van der Waals surface area (Å²) in [6.07, 6.45) is 4.90. The largest absolute Gasteiger partial charge is 0.506 e. The van der Waals surface area contributed by atoms with Gasteiger partial charge in [-0.2, -0.15) is 0 Å². The fraction of sp³-hybridized carbons (Fsp3) is 0.632. The number of nitrogens with one attached hydrogen (secondary N) is 2. The highest BCUT2D eigenvalue weighted by Gasteiger charge is 2.27. The van der Waals surface area contributed by atoms with Crippen LogP contribution < -0.4 is 15.1 Å². The van der Waals surface area contributed by atoms with E-state index in [-0.39, 0.29) is 5.91 Å². The molecule has 1 saturated heterocycles. The van der Waals surface area contributed by atoms with Gasteiger partial charge in [0.15, 0.2) is 6.54 Å². The zero-order valence-corrected chi connectivity index (χ0v) is 14.6. The molecule has 0 spiro atoms. The van der Waals surface area contributed by atoms with Gasteiger partial charge in [0.2, 0.25) is 0 Å². The number of piperazine rings is 1. The van der Waals surface area contributed by atoms with Gasteiger partial charge in [-0.15, -0.1) is 0 Å². The number of para-hydroxylation sites is 2. The molecule has 2 aliphatic rings. The maximum absolute atomic E-state index is 12.3. The van der Waals surface area contributed by atoms with Gasteiger partial charge in [-0.25, -0.2) is 0 Å². The van der Waals surface area contributed by atoms with Crippen molar-refractivity contribution in [3.8, 4) is 5.75 Å². The van der Waals surface area contributed by atoms with Gasteiger partial charge in [0.25, 0.3) is 5.91 Å². The Labute approximate surface area is 144 Å². The first-order valence-corrected chi connectivity index (χ1v) is 9.29. The Morgan fingerprint density at radius 2 is 1.96 bits per heavy atom. The van der Waals surface area contributed by atoms with Crippen molar-refractivity contribution in [2.45, 2.75) is 38.6 Å². The Morgan fingerprint density at radius 3 is 2.67 bits per heavy atom. The Kier molecular flexibility index (Phi) is 5.61. The third-order valence-electron chi connectivity index (χ3n) is 5.56. The normalized spacial score (nSPS) is 25.5. The van der Waals surface area contributed by atoms with Gasteiger partial charge in [0.1, 0.15) is 5.75 Å². The number of rotatable bonds is 4. The Bertz CT molecular complexity index is 555. The maximum Gasteiger partial charge on any atom is 0.275 e. The monoisotopic (exact) mass is 332 g/mol. The molecule has 3 N–H and O–H groups in total. The van der Waals surface area contributed by atoms with E-state index < -0.39 is 0 Å². The third kappa shape index (κ3) is 4.20. The molecule has 132 valence electrons. The Balaban J connectivity index is 1.45. The standard InChI is InChI=1S/C19H29N3O2/c1-15-6-2-3-7-16(15)20-19(24)14-21-10-12-22(13-11-21)17-8-4-5-9-18(17)23/h4-5,8-9,15-16,23H,2-3,6-7,10-14H2,1H3,(H,20,24)/p+1/t15-,16+/m0/s1. The molecule has 2 fully saturated rings. The first-order valence-electron chi connectivity index (χ1n) is 9.29. The van der Waals surface area contributed by atoms with Crippen LogP contribution in [0.2, 0.25) is 0 Å². The highest BCUT2D eigenvalue weighted by atomic mass is 16.3. The number of carbonyl (C=O) groups excluding carboxylic acids is 1. The van der Waals surface area contributed by atoms with E-state index in [4.69, 9.17) is 0 Å². The number of amides is 1. The lowest BCUT2D eigenvalue weighted by Gasteiger charge is -2.34. The van der Waals surface area contributed by atoms with Crippen LogP contribution in [0.15, 0.2) is 24.3 Å². The molecule has 24 heavy (non-hydrogen) atoms. The number of anilines is 1. The van der Waals surface area contributed by atoms with Crippen LogP contribution in [-0.2, 0) is 4.79 Å².